The van der Waals surface area contributed by atoms with Crippen LogP contribution in [0.25, 0.3) is 0 Å². The van der Waals surface area contributed by atoms with Crippen molar-refractivity contribution < 1.29 is 9.59 Å². The van der Waals surface area contributed by atoms with Crippen LogP contribution in [0.4, 0.5) is 4.79 Å². The largest absolute Gasteiger partial charge is 0.354 e. The minimum Gasteiger partial charge on any atom is -0.354 e. The first-order valence-corrected chi connectivity index (χ1v) is 10.5. The highest BCUT2D eigenvalue weighted by Crippen LogP contribution is 2.11. The van der Waals surface area contributed by atoms with E-state index in [4.69, 9.17) is 0 Å². The summed E-state index contributed by atoms with van der Waals surface area (Å²) >= 11 is 0. The summed E-state index contributed by atoms with van der Waals surface area (Å²) in [5.74, 6) is 0.289. The molecule has 0 saturated carbocycles. The van der Waals surface area contributed by atoms with Gasteiger partial charge in [0, 0.05) is 19.6 Å². The number of carbonyl (C=O) groups excluding carboxylic acids is 2. The van der Waals surface area contributed by atoms with Crippen LogP contribution < -0.4 is 16.0 Å². The molecule has 1 heterocycles. The predicted molar refractivity (Wildman–Crippen MR) is 113 cm³/mol. The Kier molecular flexibility index (Phi) is 9.28. The van der Waals surface area contributed by atoms with E-state index in [1.165, 1.54) is 19.3 Å². The van der Waals surface area contributed by atoms with Crippen LogP contribution in [0.3, 0.4) is 0 Å². The van der Waals surface area contributed by atoms with Gasteiger partial charge in [-0.25, -0.2) is 4.79 Å². The highest BCUT2D eigenvalue weighted by Gasteiger charge is 2.24. The molecule has 6 nitrogen and oxygen atoms in total. The maximum atomic E-state index is 12.6. The lowest BCUT2D eigenvalue weighted by molar-refractivity contribution is -0.124. The van der Waals surface area contributed by atoms with Crippen LogP contribution in [0.15, 0.2) is 30.3 Å². The fourth-order valence-corrected chi connectivity index (χ4v) is 3.54. The van der Waals surface area contributed by atoms with E-state index in [9.17, 15) is 9.59 Å². The number of nitrogens with one attached hydrogen (secondary N) is 3. The summed E-state index contributed by atoms with van der Waals surface area (Å²) < 4.78 is 0. The highest BCUT2D eigenvalue weighted by atomic mass is 16.2. The SMILES string of the molecule is CC(CNC(=O)C(NC(=O)NCc1ccccc1)C(C)C)CN1CCCCC1. The molecule has 1 aromatic carbocycles. The number of rotatable bonds is 9. The van der Waals surface area contributed by atoms with Gasteiger partial charge in [0.05, 0.1) is 0 Å². The maximum absolute atomic E-state index is 12.6. The van der Waals surface area contributed by atoms with Gasteiger partial charge in [-0.1, -0.05) is 57.5 Å². The molecule has 1 aliphatic heterocycles. The monoisotopic (exact) mass is 388 g/mol. The smallest absolute Gasteiger partial charge is 0.315 e. The van der Waals surface area contributed by atoms with E-state index in [0.717, 1.165) is 25.2 Å². The summed E-state index contributed by atoms with van der Waals surface area (Å²) in [7, 11) is 0. The van der Waals surface area contributed by atoms with E-state index in [2.05, 4.69) is 27.8 Å². The molecule has 156 valence electrons. The van der Waals surface area contributed by atoms with Crippen molar-refractivity contribution in [2.75, 3.05) is 26.2 Å². The van der Waals surface area contributed by atoms with Crippen molar-refractivity contribution in [3.63, 3.8) is 0 Å². The number of hydrogen-bond donors (Lipinski definition) is 3. The van der Waals surface area contributed by atoms with E-state index in [0.29, 0.717) is 19.0 Å². The molecule has 6 heteroatoms. The topological polar surface area (TPSA) is 73.5 Å². The van der Waals surface area contributed by atoms with Gasteiger partial charge in [0.1, 0.15) is 6.04 Å². The van der Waals surface area contributed by atoms with Crippen LogP contribution in [0, 0.1) is 11.8 Å². The third-order valence-electron chi connectivity index (χ3n) is 5.17. The highest BCUT2D eigenvalue weighted by molar-refractivity contribution is 5.87. The number of hydrogen-bond acceptors (Lipinski definition) is 3. The normalized spacial score (nSPS) is 17.0. The fraction of sp³-hybridized carbons (Fsp3) is 0.636. The fourth-order valence-electron chi connectivity index (χ4n) is 3.54. The molecule has 2 atom stereocenters. The zero-order valence-corrected chi connectivity index (χ0v) is 17.5. The second-order valence-corrected chi connectivity index (χ2v) is 8.25. The molecule has 0 spiro atoms. The van der Waals surface area contributed by atoms with Crippen LogP contribution in [0.2, 0.25) is 0 Å². The Bertz CT molecular complexity index is 600. The number of amides is 3. The molecule has 3 amide bonds. The van der Waals surface area contributed by atoms with Crippen LogP contribution in [0.1, 0.15) is 45.6 Å². The van der Waals surface area contributed by atoms with Crippen molar-refractivity contribution in [3.05, 3.63) is 35.9 Å². The summed E-state index contributed by atoms with van der Waals surface area (Å²) in [5.41, 5.74) is 1.02. The van der Waals surface area contributed by atoms with Crippen LogP contribution in [0.5, 0.6) is 0 Å². The zero-order chi connectivity index (χ0) is 20.4. The Hall–Kier alpha value is -2.08. The molecule has 0 radical (unpaired) electrons. The van der Waals surface area contributed by atoms with Crippen molar-refractivity contribution in [3.8, 4) is 0 Å². The summed E-state index contributed by atoms with van der Waals surface area (Å²) in [6, 6.07) is 8.86. The molecule has 1 fully saturated rings. The van der Waals surface area contributed by atoms with E-state index in [-0.39, 0.29) is 17.9 Å². The van der Waals surface area contributed by atoms with Crippen LogP contribution in [-0.2, 0) is 11.3 Å². The van der Waals surface area contributed by atoms with Crippen molar-refractivity contribution in [2.24, 2.45) is 11.8 Å². The lowest BCUT2D eigenvalue weighted by atomic mass is 10.0. The molecule has 1 saturated heterocycles. The molecule has 28 heavy (non-hydrogen) atoms. The van der Waals surface area contributed by atoms with Gasteiger partial charge in [-0.05, 0) is 43.3 Å². The molecule has 3 N–H and O–H groups in total. The third kappa shape index (κ3) is 7.89. The van der Waals surface area contributed by atoms with Crippen molar-refractivity contribution >= 4 is 11.9 Å². The van der Waals surface area contributed by atoms with Gasteiger partial charge in [-0.15, -0.1) is 0 Å². The minimum atomic E-state index is -0.544. The van der Waals surface area contributed by atoms with Gasteiger partial charge >= 0.3 is 6.03 Å². The Morgan fingerprint density at radius 2 is 1.68 bits per heavy atom. The minimum absolute atomic E-state index is 0.0138. The number of nitrogens with zero attached hydrogens (tertiary/aromatic N) is 1. The molecule has 1 aliphatic rings. The molecular weight excluding hydrogens is 352 g/mol. The first-order chi connectivity index (χ1) is 13.5. The Labute approximate surface area is 169 Å². The Balaban J connectivity index is 1.74. The molecule has 2 unspecified atom stereocenters. The molecule has 1 aromatic rings. The Morgan fingerprint density at radius 1 is 1.00 bits per heavy atom. The second-order valence-electron chi connectivity index (χ2n) is 8.25. The van der Waals surface area contributed by atoms with Crippen LogP contribution >= 0.6 is 0 Å². The van der Waals surface area contributed by atoms with E-state index >= 15 is 0 Å². The van der Waals surface area contributed by atoms with E-state index in [1.807, 2.05) is 44.2 Å². The lowest BCUT2D eigenvalue weighted by Crippen LogP contribution is -2.53. The third-order valence-corrected chi connectivity index (χ3v) is 5.17. The van der Waals surface area contributed by atoms with Crippen molar-refractivity contribution in [2.45, 2.75) is 52.6 Å². The molecule has 0 bridgehead atoms. The number of piperidine rings is 1. The molecular formula is C22H36N4O2. The lowest BCUT2D eigenvalue weighted by Gasteiger charge is -2.29. The molecule has 0 aromatic heterocycles. The number of carbonyl (C=O) groups is 2. The Morgan fingerprint density at radius 3 is 2.32 bits per heavy atom. The summed E-state index contributed by atoms with van der Waals surface area (Å²) in [6.07, 6.45) is 3.88. The predicted octanol–water partition coefficient (Wildman–Crippen LogP) is 2.75. The van der Waals surface area contributed by atoms with Gasteiger partial charge in [-0.3, -0.25) is 4.79 Å². The maximum Gasteiger partial charge on any atom is 0.315 e. The van der Waals surface area contributed by atoms with E-state index < -0.39 is 6.04 Å². The van der Waals surface area contributed by atoms with Crippen molar-refractivity contribution in [1.29, 1.82) is 0 Å². The van der Waals surface area contributed by atoms with Gasteiger partial charge in [0.25, 0.3) is 0 Å². The quantitative estimate of drug-likeness (QED) is 0.609. The first kappa shape index (κ1) is 22.2. The number of urea groups is 1. The summed E-state index contributed by atoms with van der Waals surface area (Å²) in [5, 5.41) is 8.67. The summed E-state index contributed by atoms with van der Waals surface area (Å²) in [4.78, 5) is 27.3. The number of benzene rings is 1. The van der Waals surface area contributed by atoms with E-state index in [1.54, 1.807) is 0 Å². The molecule has 0 aliphatic carbocycles. The average Bonchev–Trinajstić information content (AvgIpc) is 2.70. The van der Waals surface area contributed by atoms with Gasteiger partial charge in [0.2, 0.25) is 5.91 Å². The van der Waals surface area contributed by atoms with Crippen LogP contribution in [-0.4, -0.2) is 49.1 Å². The zero-order valence-electron chi connectivity index (χ0n) is 17.5. The van der Waals surface area contributed by atoms with Gasteiger partial charge < -0.3 is 20.9 Å². The summed E-state index contributed by atoms with van der Waals surface area (Å²) in [6.45, 7) is 10.5. The average molecular weight is 389 g/mol. The van der Waals surface area contributed by atoms with Gasteiger partial charge in [-0.2, -0.15) is 0 Å². The van der Waals surface area contributed by atoms with Crippen molar-refractivity contribution in [1.82, 2.24) is 20.9 Å². The molecule has 2 rings (SSSR count). The number of likely N-dealkylation sites (tertiary alicyclic amines) is 1. The van der Waals surface area contributed by atoms with Gasteiger partial charge in [0.15, 0.2) is 0 Å². The standard InChI is InChI=1S/C22H36N4O2/c1-17(2)20(25-22(28)24-15-19-10-6-4-7-11-19)21(27)23-14-18(3)16-26-12-8-5-9-13-26/h4,6-7,10-11,17-18,20H,5,8-9,12-16H2,1-3H3,(H,23,27)(H2,24,25,28). The first-order valence-electron chi connectivity index (χ1n) is 10.5. The second kappa shape index (κ2) is 11.7.